The Morgan fingerprint density at radius 2 is 2.33 bits per heavy atom. The summed E-state index contributed by atoms with van der Waals surface area (Å²) in [6.45, 7) is 2.92. The molecule has 0 spiro atoms. The number of fused-ring (bicyclic) bond motifs is 3. The second kappa shape index (κ2) is 4.14. The van der Waals surface area contributed by atoms with Crippen LogP contribution in [0.5, 0.6) is 0 Å². The summed E-state index contributed by atoms with van der Waals surface area (Å²) in [6.07, 6.45) is 1.08. The number of nitrogens with one attached hydrogen (secondary N) is 2. The molecule has 1 aromatic heterocycles. The van der Waals surface area contributed by atoms with Crippen molar-refractivity contribution in [3.05, 3.63) is 35.0 Å². The van der Waals surface area contributed by atoms with Crippen molar-refractivity contribution in [1.82, 2.24) is 10.3 Å². The molecule has 1 atom stereocenters. The van der Waals surface area contributed by atoms with Crippen LogP contribution in [0.1, 0.15) is 29.3 Å². The number of aliphatic carboxylic acids is 1. The topological polar surface area (TPSA) is 65.1 Å². The number of carboxylic acid groups (broad SMARTS) is 1. The van der Waals surface area contributed by atoms with Crippen LogP contribution < -0.4 is 5.32 Å². The molecule has 4 heteroatoms. The molecule has 1 aliphatic heterocycles. The summed E-state index contributed by atoms with van der Waals surface area (Å²) in [5, 5.41) is 13.5. The van der Waals surface area contributed by atoms with Gasteiger partial charge in [0.05, 0.1) is 12.5 Å². The fourth-order valence-electron chi connectivity index (χ4n) is 2.77. The average molecular weight is 244 g/mol. The van der Waals surface area contributed by atoms with Gasteiger partial charge in [-0.3, -0.25) is 4.79 Å². The Morgan fingerprint density at radius 3 is 3.11 bits per heavy atom. The van der Waals surface area contributed by atoms with Gasteiger partial charge in [-0.25, -0.2) is 0 Å². The second-order valence-corrected chi connectivity index (χ2v) is 4.92. The number of benzene rings is 1. The molecule has 3 N–H and O–H groups in total. The number of carboxylic acids is 1. The van der Waals surface area contributed by atoms with Crippen LogP contribution in [0, 0.1) is 6.92 Å². The summed E-state index contributed by atoms with van der Waals surface area (Å²) < 4.78 is 0. The molecule has 1 unspecified atom stereocenters. The van der Waals surface area contributed by atoms with Crippen LogP contribution in [0.2, 0.25) is 0 Å². The van der Waals surface area contributed by atoms with E-state index in [0.717, 1.165) is 24.2 Å². The summed E-state index contributed by atoms with van der Waals surface area (Å²) in [4.78, 5) is 14.3. The van der Waals surface area contributed by atoms with E-state index < -0.39 is 5.97 Å². The molecule has 2 heterocycles. The number of H-pyrrole nitrogens is 1. The lowest BCUT2D eigenvalue weighted by molar-refractivity contribution is -0.137. The van der Waals surface area contributed by atoms with Crippen molar-refractivity contribution in [2.75, 3.05) is 6.54 Å². The highest BCUT2D eigenvalue weighted by Gasteiger charge is 2.25. The average Bonchev–Trinajstić information content (AvgIpc) is 2.68. The van der Waals surface area contributed by atoms with Gasteiger partial charge in [-0.15, -0.1) is 0 Å². The van der Waals surface area contributed by atoms with Crippen molar-refractivity contribution in [2.45, 2.75) is 25.8 Å². The van der Waals surface area contributed by atoms with E-state index >= 15 is 0 Å². The number of aromatic nitrogens is 1. The van der Waals surface area contributed by atoms with Gasteiger partial charge in [-0.05, 0) is 37.6 Å². The summed E-state index contributed by atoms with van der Waals surface area (Å²) >= 11 is 0. The lowest BCUT2D eigenvalue weighted by Crippen LogP contribution is -2.31. The van der Waals surface area contributed by atoms with E-state index in [-0.39, 0.29) is 12.5 Å². The van der Waals surface area contributed by atoms with Gasteiger partial charge in [0.25, 0.3) is 0 Å². The van der Waals surface area contributed by atoms with Crippen LogP contribution in [0.3, 0.4) is 0 Å². The summed E-state index contributed by atoms with van der Waals surface area (Å²) in [5.41, 5.74) is 4.66. The van der Waals surface area contributed by atoms with Crippen LogP contribution in [-0.2, 0) is 11.2 Å². The number of aromatic amines is 1. The molecule has 0 aliphatic carbocycles. The highest BCUT2D eigenvalue weighted by molar-refractivity contribution is 5.86. The number of hydrogen-bond acceptors (Lipinski definition) is 2. The van der Waals surface area contributed by atoms with Crippen LogP contribution in [-0.4, -0.2) is 22.6 Å². The number of hydrogen-bond donors (Lipinski definition) is 3. The maximum Gasteiger partial charge on any atom is 0.305 e. The van der Waals surface area contributed by atoms with Gasteiger partial charge in [0.15, 0.2) is 0 Å². The smallest absolute Gasteiger partial charge is 0.305 e. The third kappa shape index (κ3) is 1.78. The molecule has 3 rings (SSSR count). The molecule has 0 fully saturated rings. The molecular formula is C14H16N2O2. The predicted octanol–water partition coefficient (Wildman–Crippen LogP) is 2.14. The molecule has 1 aliphatic rings. The molecule has 0 saturated carbocycles. The summed E-state index contributed by atoms with van der Waals surface area (Å²) in [5.74, 6) is -0.768. The first-order valence-corrected chi connectivity index (χ1v) is 6.21. The molecule has 4 nitrogen and oxygen atoms in total. The Bertz CT molecular complexity index is 616. The van der Waals surface area contributed by atoms with E-state index in [1.54, 1.807) is 0 Å². The summed E-state index contributed by atoms with van der Waals surface area (Å²) in [7, 11) is 0. The van der Waals surface area contributed by atoms with E-state index in [4.69, 9.17) is 5.11 Å². The zero-order valence-electron chi connectivity index (χ0n) is 10.3. The Labute approximate surface area is 105 Å². The van der Waals surface area contributed by atoms with E-state index in [0.29, 0.717) is 0 Å². The minimum absolute atomic E-state index is 0.0982. The van der Waals surface area contributed by atoms with E-state index in [2.05, 4.69) is 35.4 Å². The maximum atomic E-state index is 10.9. The molecule has 0 radical (unpaired) electrons. The van der Waals surface area contributed by atoms with E-state index in [9.17, 15) is 4.79 Å². The number of aryl methyl sites for hydroxylation is 1. The quantitative estimate of drug-likeness (QED) is 0.758. The SMILES string of the molecule is Cc1ccc2[nH]c3c(c2c1)CCNC3CC(=O)O. The van der Waals surface area contributed by atoms with Gasteiger partial charge in [0, 0.05) is 16.6 Å². The van der Waals surface area contributed by atoms with Gasteiger partial charge < -0.3 is 15.4 Å². The van der Waals surface area contributed by atoms with Gasteiger partial charge in [-0.1, -0.05) is 11.6 Å². The first kappa shape index (κ1) is 11.3. The Kier molecular flexibility index (Phi) is 2.59. The van der Waals surface area contributed by atoms with Crippen LogP contribution in [0.15, 0.2) is 18.2 Å². The zero-order valence-corrected chi connectivity index (χ0v) is 10.3. The number of carbonyl (C=O) groups is 1. The third-order valence-corrected chi connectivity index (χ3v) is 3.59. The van der Waals surface area contributed by atoms with E-state index in [1.165, 1.54) is 16.5 Å². The van der Waals surface area contributed by atoms with Gasteiger partial charge in [0.2, 0.25) is 0 Å². The highest BCUT2D eigenvalue weighted by atomic mass is 16.4. The van der Waals surface area contributed by atoms with Crippen LogP contribution in [0.4, 0.5) is 0 Å². The normalized spacial score (nSPS) is 18.8. The van der Waals surface area contributed by atoms with Crippen molar-refractivity contribution >= 4 is 16.9 Å². The third-order valence-electron chi connectivity index (χ3n) is 3.59. The summed E-state index contributed by atoms with van der Waals surface area (Å²) in [6, 6.07) is 6.22. The lowest BCUT2D eigenvalue weighted by atomic mass is 9.97. The lowest BCUT2D eigenvalue weighted by Gasteiger charge is -2.22. The van der Waals surface area contributed by atoms with Gasteiger partial charge in [0.1, 0.15) is 0 Å². The molecule has 94 valence electrons. The molecule has 1 aromatic carbocycles. The zero-order chi connectivity index (χ0) is 12.7. The maximum absolute atomic E-state index is 10.9. The molecule has 2 aromatic rings. The van der Waals surface area contributed by atoms with Crippen molar-refractivity contribution in [1.29, 1.82) is 0 Å². The van der Waals surface area contributed by atoms with E-state index in [1.807, 2.05) is 0 Å². The second-order valence-electron chi connectivity index (χ2n) is 4.92. The minimum atomic E-state index is -0.768. The molecule has 18 heavy (non-hydrogen) atoms. The standard InChI is InChI=1S/C14H16N2O2/c1-8-2-3-11-10(6-8)9-4-5-15-12(7-13(17)18)14(9)16-11/h2-3,6,12,15-16H,4-5,7H2,1H3,(H,17,18). The monoisotopic (exact) mass is 244 g/mol. The Hall–Kier alpha value is -1.81. The number of rotatable bonds is 2. The molecule has 0 bridgehead atoms. The Balaban J connectivity index is 2.12. The predicted molar refractivity (Wildman–Crippen MR) is 69.7 cm³/mol. The largest absolute Gasteiger partial charge is 0.481 e. The fraction of sp³-hybridized carbons (Fsp3) is 0.357. The highest BCUT2D eigenvalue weighted by Crippen LogP contribution is 2.31. The van der Waals surface area contributed by atoms with Crippen molar-refractivity contribution in [2.24, 2.45) is 0 Å². The first-order valence-electron chi connectivity index (χ1n) is 6.21. The van der Waals surface area contributed by atoms with Crippen molar-refractivity contribution in [3.63, 3.8) is 0 Å². The minimum Gasteiger partial charge on any atom is -0.481 e. The van der Waals surface area contributed by atoms with Crippen LogP contribution in [0.25, 0.3) is 10.9 Å². The van der Waals surface area contributed by atoms with Gasteiger partial charge in [-0.2, -0.15) is 0 Å². The molecule has 0 saturated heterocycles. The molecule has 0 amide bonds. The Morgan fingerprint density at radius 1 is 1.50 bits per heavy atom. The van der Waals surface area contributed by atoms with Gasteiger partial charge >= 0.3 is 5.97 Å². The molecular weight excluding hydrogens is 228 g/mol. The van der Waals surface area contributed by atoms with Crippen molar-refractivity contribution in [3.8, 4) is 0 Å². The van der Waals surface area contributed by atoms with Crippen LogP contribution >= 0.6 is 0 Å². The first-order chi connectivity index (χ1) is 8.65. The van der Waals surface area contributed by atoms with Crippen molar-refractivity contribution < 1.29 is 9.90 Å². The fourth-order valence-corrected chi connectivity index (χ4v) is 2.77.